The fourth-order valence-electron chi connectivity index (χ4n) is 2.18. The molecule has 2 heterocycles. The topological polar surface area (TPSA) is 46.3 Å². The van der Waals surface area contributed by atoms with Crippen LogP contribution in [0.5, 0.6) is 0 Å². The molecule has 19 heavy (non-hydrogen) atoms. The molecule has 1 aromatic rings. The molecule has 102 valence electrons. The summed E-state index contributed by atoms with van der Waals surface area (Å²) in [5.74, 6) is 5.90. The third-order valence-electron chi connectivity index (χ3n) is 2.87. The Morgan fingerprint density at radius 2 is 2.16 bits per heavy atom. The number of nitrogens with zero attached hydrogens (tertiary/aromatic N) is 1. The molecule has 5 heteroatoms. The molecule has 2 rings (SSSR count). The first-order valence-electron chi connectivity index (χ1n) is 6.32. The van der Waals surface area contributed by atoms with E-state index in [1.165, 1.54) is 11.3 Å². The van der Waals surface area contributed by atoms with Crippen LogP contribution in [0.1, 0.15) is 29.1 Å². The molecule has 2 N–H and O–H groups in total. The molecule has 0 aliphatic carbocycles. The second kappa shape index (κ2) is 6.47. The molecule has 0 radical (unpaired) electrons. The zero-order valence-electron chi connectivity index (χ0n) is 11.2. The van der Waals surface area contributed by atoms with Gasteiger partial charge in [0.15, 0.2) is 0 Å². The normalized spacial score (nSPS) is 22.8. The van der Waals surface area contributed by atoms with Crippen molar-refractivity contribution in [3.63, 3.8) is 0 Å². The molecule has 0 aromatic carbocycles. The maximum absolute atomic E-state index is 12.4. The predicted molar refractivity (Wildman–Crippen MR) is 82.7 cm³/mol. The van der Waals surface area contributed by atoms with Gasteiger partial charge in [0.2, 0.25) is 0 Å². The summed E-state index contributed by atoms with van der Waals surface area (Å²) >= 11 is 3.45. The summed E-state index contributed by atoms with van der Waals surface area (Å²) in [6, 6.07) is 1.87. The average molecular weight is 294 g/mol. The van der Waals surface area contributed by atoms with Gasteiger partial charge in [0.1, 0.15) is 0 Å². The third-order valence-corrected chi connectivity index (χ3v) is 4.94. The van der Waals surface area contributed by atoms with Crippen LogP contribution in [0.4, 0.5) is 0 Å². The minimum absolute atomic E-state index is 0.121. The van der Waals surface area contributed by atoms with Crippen molar-refractivity contribution < 1.29 is 4.79 Å². The number of hydrogen-bond donors (Lipinski definition) is 1. The van der Waals surface area contributed by atoms with Crippen molar-refractivity contribution in [1.29, 1.82) is 0 Å². The van der Waals surface area contributed by atoms with Gasteiger partial charge in [0.25, 0.3) is 5.91 Å². The van der Waals surface area contributed by atoms with Crippen LogP contribution in [0.2, 0.25) is 0 Å². The van der Waals surface area contributed by atoms with E-state index >= 15 is 0 Å². The lowest BCUT2D eigenvalue weighted by Gasteiger charge is -2.34. The highest BCUT2D eigenvalue weighted by molar-refractivity contribution is 8.00. The highest BCUT2D eigenvalue weighted by Gasteiger charge is 2.26. The lowest BCUT2D eigenvalue weighted by atomic mass is 10.2. The van der Waals surface area contributed by atoms with Crippen molar-refractivity contribution in [2.24, 2.45) is 5.73 Å². The molecule has 0 bridgehead atoms. The molecule has 2 unspecified atom stereocenters. The molecule has 0 saturated carbocycles. The van der Waals surface area contributed by atoms with Crippen LogP contribution in [-0.4, -0.2) is 40.9 Å². The highest BCUT2D eigenvalue weighted by atomic mass is 32.2. The van der Waals surface area contributed by atoms with E-state index in [9.17, 15) is 4.79 Å². The number of rotatable bonds is 1. The number of carbonyl (C=O) groups is 1. The quantitative estimate of drug-likeness (QED) is 0.806. The van der Waals surface area contributed by atoms with Gasteiger partial charge in [-0.25, -0.2) is 0 Å². The van der Waals surface area contributed by atoms with E-state index in [0.717, 1.165) is 23.5 Å². The van der Waals surface area contributed by atoms with Gasteiger partial charge in [-0.3, -0.25) is 4.79 Å². The molecule has 1 amide bonds. The summed E-state index contributed by atoms with van der Waals surface area (Å²) in [4.78, 5) is 15.3. The minimum atomic E-state index is 0.121. The number of thiophene rings is 1. The van der Waals surface area contributed by atoms with E-state index in [1.807, 2.05) is 28.1 Å². The Morgan fingerprint density at radius 1 is 1.47 bits per heavy atom. The minimum Gasteiger partial charge on any atom is -0.336 e. The molecule has 2 atom stereocenters. The first-order valence-corrected chi connectivity index (χ1v) is 8.14. The van der Waals surface area contributed by atoms with Gasteiger partial charge in [0.05, 0.1) is 17.0 Å². The molecule has 0 spiro atoms. The van der Waals surface area contributed by atoms with Gasteiger partial charge >= 0.3 is 0 Å². The van der Waals surface area contributed by atoms with Crippen molar-refractivity contribution in [3.05, 3.63) is 21.9 Å². The van der Waals surface area contributed by atoms with E-state index in [2.05, 4.69) is 25.7 Å². The smallest absolute Gasteiger partial charge is 0.254 e. The van der Waals surface area contributed by atoms with E-state index < -0.39 is 0 Å². The van der Waals surface area contributed by atoms with E-state index in [1.54, 1.807) is 0 Å². The Bertz CT molecular complexity index is 505. The average Bonchev–Trinajstić information content (AvgIpc) is 2.83. The molecule has 1 saturated heterocycles. The molecule has 1 aromatic heterocycles. The third kappa shape index (κ3) is 3.75. The van der Waals surface area contributed by atoms with Crippen molar-refractivity contribution >= 4 is 29.0 Å². The fraction of sp³-hybridized carbons (Fsp3) is 0.500. The second-order valence-electron chi connectivity index (χ2n) is 4.67. The van der Waals surface area contributed by atoms with E-state index in [4.69, 9.17) is 5.73 Å². The summed E-state index contributed by atoms with van der Waals surface area (Å²) in [7, 11) is 0. The summed E-state index contributed by atoms with van der Waals surface area (Å²) in [6.07, 6.45) is 0. The van der Waals surface area contributed by atoms with Gasteiger partial charge in [-0.2, -0.15) is 11.8 Å². The van der Waals surface area contributed by atoms with Crippen molar-refractivity contribution in [2.75, 3.05) is 19.6 Å². The molecule has 3 nitrogen and oxygen atoms in total. The number of nitrogens with two attached hydrogens (primary N) is 1. The van der Waals surface area contributed by atoms with Crippen molar-refractivity contribution in [3.8, 4) is 11.8 Å². The van der Waals surface area contributed by atoms with Crippen LogP contribution in [0, 0.1) is 11.8 Å². The molecule has 1 aliphatic heterocycles. The van der Waals surface area contributed by atoms with Crippen LogP contribution in [0.25, 0.3) is 0 Å². The molecule has 1 fully saturated rings. The molecule has 1 aliphatic rings. The monoisotopic (exact) mass is 294 g/mol. The van der Waals surface area contributed by atoms with Gasteiger partial charge in [-0.05, 0) is 6.07 Å². The number of amides is 1. The summed E-state index contributed by atoms with van der Waals surface area (Å²) in [5.41, 5.74) is 6.09. The maximum atomic E-state index is 12.4. The van der Waals surface area contributed by atoms with E-state index in [-0.39, 0.29) is 5.91 Å². The first kappa shape index (κ1) is 14.4. The standard InChI is InChI=1S/C14H18N2OS2/c1-10-7-16(8-11(2)19-10)14(17)12-6-13(18-9-12)4-3-5-15/h6,9-11H,5,7-8,15H2,1-2H3. The predicted octanol–water partition coefficient (Wildman–Crippen LogP) is 2.02. The second-order valence-corrected chi connectivity index (χ2v) is 7.47. The zero-order chi connectivity index (χ0) is 13.8. The van der Waals surface area contributed by atoms with Crippen LogP contribution >= 0.6 is 23.1 Å². The fourth-order valence-corrected chi connectivity index (χ4v) is 4.25. The Hall–Kier alpha value is -0.960. The first-order chi connectivity index (χ1) is 9.10. The lowest BCUT2D eigenvalue weighted by Crippen LogP contribution is -2.43. The number of hydrogen-bond acceptors (Lipinski definition) is 4. The summed E-state index contributed by atoms with van der Waals surface area (Å²) in [5, 5.41) is 2.89. The van der Waals surface area contributed by atoms with Gasteiger partial charge in [-0.15, -0.1) is 11.3 Å². The van der Waals surface area contributed by atoms with Crippen LogP contribution < -0.4 is 5.73 Å². The van der Waals surface area contributed by atoms with E-state index in [0.29, 0.717) is 17.0 Å². The summed E-state index contributed by atoms with van der Waals surface area (Å²) in [6.45, 7) is 6.35. The Morgan fingerprint density at radius 3 is 2.79 bits per heavy atom. The number of thioether (sulfide) groups is 1. The van der Waals surface area contributed by atoms with Gasteiger partial charge in [0, 0.05) is 29.0 Å². The molecular formula is C14H18N2OS2. The zero-order valence-corrected chi connectivity index (χ0v) is 12.8. The number of carbonyl (C=O) groups excluding carboxylic acids is 1. The Kier molecular flexibility index (Phi) is 4.92. The van der Waals surface area contributed by atoms with Crippen LogP contribution in [0.15, 0.2) is 11.4 Å². The summed E-state index contributed by atoms with van der Waals surface area (Å²) < 4.78 is 0. The maximum Gasteiger partial charge on any atom is 0.254 e. The van der Waals surface area contributed by atoms with Crippen molar-refractivity contribution in [2.45, 2.75) is 24.3 Å². The van der Waals surface area contributed by atoms with Gasteiger partial charge < -0.3 is 10.6 Å². The highest BCUT2D eigenvalue weighted by Crippen LogP contribution is 2.26. The van der Waals surface area contributed by atoms with Gasteiger partial charge in [-0.1, -0.05) is 25.7 Å². The SMILES string of the molecule is CC1CN(C(=O)c2csc(C#CCN)c2)CC(C)S1. The van der Waals surface area contributed by atoms with Crippen molar-refractivity contribution in [1.82, 2.24) is 4.90 Å². The lowest BCUT2D eigenvalue weighted by molar-refractivity contribution is 0.0754. The molecular weight excluding hydrogens is 276 g/mol. The van der Waals surface area contributed by atoms with Crippen LogP contribution in [0.3, 0.4) is 0 Å². The Labute approximate surface area is 122 Å². The Balaban J connectivity index is 2.08. The largest absolute Gasteiger partial charge is 0.336 e. The van der Waals surface area contributed by atoms with Crippen LogP contribution in [-0.2, 0) is 0 Å².